The third-order valence-corrected chi connectivity index (χ3v) is 2.93. The van der Waals surface area contributed by atoms with Crippen molar-refractivity contribution < 1.29 is 4.74 Å². The summed E-state index contributed by atoms with van der Waals surface area (Å²) in [6.07, 6.45) is 1.94. The van der Waals surface area contributed by atoms with Gasteiger partial charge in [0.2, 0.25) is 0 Å². The number of aromatic nitrogens is 1. The molecule has 0 amide bonds. The fourth-order valence-electron chi connectivity index (χ4n) is 1.29. The largest absolute Gasteiger partial charge is 0.378 e. The van der Waals surface area contributed by atoms with Crippen LogP contribution in [0.3, 0.4) is 0 Å². The van der Waals surface area contributed by atoms with E-state index in [0.717, 1.165) is 24.8 Å². The molecule has 1 fully saturated rings. The van der Waals surface area contributed by atoms with Crippen molar-refractivity contribution in [3.05, 3.63) is 16.1 Å². The maximum atomic E-state index is 5.36. The topological polar surface area (TPSA) is 34.1 Å². The fourth-order valence-corrected chi connectivity index (χ4v) is 2.13. The molecule has 0 aliphatic carbocycles. The maximum Gasteiger partial charge on any atom is 0.0897 e. The number of rotatable bonds is 1. The minimum absolute atomic E-state index is 0.366. The van der Waals surface area contributed by atoms with Crippen LogP contribution in [-0.2, 0) is 4.74 Å². The average molecular weight is 184 g/mol. The van der Waals surface area contributed by atoms with E-state index in [1.807, 2.05) is 13.1 Å². The molecule has 1 aromatic heterocycles. The summed E-state index contributed by atoms with van der Waals surface area (Å²) in [6, 6.07) is 0.366. The molecule has 1 N–H and O–H groups in total. The van der Waals surface area contributed by atoms with Gasteiger partial charge < -0.3 is 10.1 Å². The smallest absolute Gasteiger partial charge is 0.0897 e. The van der Waals surface area contributed by atoms with E-state index in [0.29, 0.717) is 6.04 Å². The van der Waals surface area contributed by atoms with Crippen molar-refractivity contribution in [1.29, 1.82) is 0 Å². The summed E-state index contributed by atoms with van der Waals surface area (Å²) in [4.78, 5) is 5.50. The monoisotopic (exact) mass is 184 g/mol. The zero-order chi connectivity index (χ0) is 8.39. The molecule has 1 aliphatic heterocycles. The molecule has 1 aliphatic rings. The van der Waals surface area contributed by atoms with E-state index in [1.54, 1.807) is 11.3 Å². The van der Waals surface area contributed by atoms with Crippen LogP contribution in [0.25, 0.3) is 0 Å². The van der Waals surface area contributed by atoms with Gasteiger partial charge in [-0.15, -0.1) is 11.3 Å². The lowest BCUT2D eigenvalue weighted by Crippen LogP contribution is -2.34. The van der Waals surface area contributed by atoms with E-state index in [9.17, 15) is 0 Å². The first-order chi connectivity index (χ1) is 5.86. The van der Waals surface area contributed by atoms with E-state index >= 15 is 0 Å². The van der Waals surface area contributed by atoms with Crippen LogP contribution in [0, 0.1) is 6.92 Å². The molecule has 1 unspecified atom stereocenters. The summed E-state index contributed by atoms with van der Waals surface area (Å²) >= 11 is 1.74. The van der Waals surface area contributed by atoms with Crippen molar-refractivity contribution in [3.8, 4) is 0 Å². The maximum absolute atomic E-state index is 5.36. The van der Waals surface area contributed by atoms with Crippen molar-refractivity contribution in [1.82, 2.24) is 10.3 Å². The number of morpholine rings is 1. The van der Waals surface area contributed by atoms with Crippen LogP contribution in [0.5, 0.6) is 0 Å². The highest BCUT2D eigenvalue weighted by atomic mass is 32.1. The normalized spacial score (nSPS) is 24.2. The number of nitrogens with zero attached hydrogens (tertiary/aromatic N) is 1. The predicted molar refractivity (Wildman–Crippen MR) is 48.4 cm³/mol. The third kappa shape index (κ3) is 1.65. The summed E-state index contributed by atoms with van der Waals surface area (Å²) in [5.74, 6) is 0. The van der Waals surface area contributed by atoms with Crippen LogP contribution in [0.4, 0.5) is 0 Å². The second-order valence-electron chi connectivity index (χ2n) is 2.86. The van der Waals surface area contributed by atoms with Crippen LogP contribution in [0.15, 0.2) is 6.20 Å². The molecule has 4 heteroatoms. The summed E-state index contributed by atoms with van der Waals surface area (Å²) in [5.41, 5.74) is 0. The zero-order valence-corrected chi connectivity index (χ0v) is 7.86. The minimum atomic E-state index is 0.366. The van der Waals surface area contributed by atoms with Gasteiger partial charge in [-0.2, -0.15) is 0 Å². The highest BCUT2D eigenvalue weighted by Gasteiger charge is 2.16. The lowest BCUT2D eigenvalue weighted by Gasteiger charge is -2.22. The second kappa shape index (κ2) is 3.51. The van der Waals surface area contributed by atoms with Crippen molar-refractivity contribution in [2.75, 3.05) is 19.8 Å². The molecule has 1 saturated heterocycles. The Morgan fingerprint density at radius 3 is 3.25 bits per heavy atom. The van der Waals surface area contributed by atoms with Crippen molar-refractivity contribution >= 4 is 11.3 Å². The molecule has 2 rings (SSSR count). The Morgan fingerprint density at radius 2 is 2.67 bits per heavy atom. The Balaban J connectivity index is 2.08. The first kappa shape index (κ1) is 8.16. The van der Waals surface area contributed by atoms with Crippen LogP contribution < -0.4 is 5.32 Å². The molecule has 0 radical (unpaired) electrons. The summed E-state index contributed by atoms with van der Waals surface area (Å²) in [7, 11) is 0. The Labute approximate surface area is 75.8 Å². The first-order valence-corrected chi connectivity index (χ1v) is 4.91. The van der Waals surface area contributed by atoms with Crippen LogP contribution >= 0.6 is 11.3 Å². The van der Waals surface area contributed by atoms with Gasteiger partial charge in [0.15, 0.2) is 0 Å². The van der Waals surface area contributed by atoms with E-state index in [1.165, 1.54) is 4.88 Å². The van der Waals surface area contributed by atoms with E-state index < -0.39 is 0 Å². The zero-order valence-electron chi connectivity index (χ0n) is 7.04. The Kier molecular flexibility index (Phi) is 2.39. The molecule has 0 bridgehead atoms. The number of nitrogens with one attached hydrogen (secondary N) is 1. The fraction of sp³-hybridized carbons (Fsp3) is 0.625. The summed E-state index contributed by atoms with van der Waals surface area (Å²) in [6.45, 7) is 4.58. The van der Waals surface area contributed by atoms with Crippen molar-refractivity contribution in [2.24, 2.45) is 0 Å². The number of aryl methyl sites for hydroxylation is 1. The van der Waals surface area contributed by atoms with E-state index in [4.69, 9.17) is 4.74 Å². The molecule has 1 atom stereocenters. The van der Waals surface area contributed by atoms with Gasteiger partial charge in [0, 0.05) is 17.6 Å². The second-order valence-corrected chi connectivity index (χ2v) is 4.13. The quantitative estimate of drug-likeness (QED) is 0.710. The number of ether oxygens (including phenoxy) is 1. The third-order valence-electron chi connectivity index (χ3n) is 1.90. The highest BCUT2D eigenvalue weighted by Crippen LogP contribution is 2.21. The Bertz CT molecular complexity index is 255. The summed E-state index contributed by atoms with van der Waals surface area (Å²) in [5, 5.41) is 4.52. The average Bonchev–Trinajstić information content (AvgIpc) is 2.54. The molecule has 66 valence electrons. The molecule has 12 heavy (non-hydrogen) atoms. The Hall–Kier alpha value is -0.450. The number of hydrogen-bond acceptors (Lipinski definition) is 4. The van der Waals surface area contributed by atoms with Gasteiger partial charge in [0.1, 0.15) is 0 Å². The minimum Gasteiger partial charge on any atom is -0.378 e. The van der Waals surface area contributed by atoms with Gasteiger partial charge in [0.25, 0.3) is 0 Å². The lowest BCUT2D eigenvalue weighted by atomic mass is 10.2. The molecule has 0 spiro atoms. The van der Waals surface area contributed by atoms with Crippen molar-refractivity contribution in [3.63, 3.8) is 0 Å². The molecule has 2 heterocycles. The number of thiazole rings is 1. The Morgan fingerprint density at radius 1 is 1.75 bits per heavy atom. The molecular weight excluding hydrogens is 172 g/mol. The van der Waals surface area contributed by atoms with Crippen LogP contribution in [0.2, 0.25) is 0 Å². The standard InChI is InChI=1S/C8H12N2OS/c1-6-10-4-8(12-6)7-5-11-3-2-9-7/h4,7,9H,2-3,5H2,1H3. The summed E-state index contributed by atoms with van der Waals surface area (Å²) < 4.78 is 5.36. The van der Waals surface area contributed by atoms with Gasteiger partial charge in [-0.1, -0.05) is 0 Å². The van der Waals surface area contributed by atoms with Gasteiger partial charge >= 0.3 is 0 Å². The van der Waals surface area contributed by atoms with Gasteiger partial charge in [-0.25, -0.2) is 4.98 Å². The molecule has 0 saturated carbocycles. The first-order valence-electron chi connectivity index (χ1n) is 4.10. The molecule has 1 aromatic rings. The van der Waals surface area contributed by atoms with E-state index in [-0.39, 0.29) is 0 Å². The molecular formula is C8H12N2OS. The van der Waals surface area contributed by atoms with Gasteiger partial charge in [0.05, 0.1) is 24.3 Å². The molecule has 0 aromatic carbocycles. The SMILES string of the molecule is Cc1ncc(C2COCCN2)s1. The number of hydrogen-bond donors (Lipinski definition) is 1. The van der Waals surface area contributed by atoms with E-state index in [2.05, 4.69) is 10.3 Å². The van der Waals surface area contributed by atoms with Crippen molar-refractivity contribution in [2.45, 2.75) is 13.0 Å². The highest BCUT2D eigenvalue weighted by molar-refractivity contribution is 7.11. The predicted octanol–water partition coefficient (Wildman–Crippen LogP) is 1.11. The van der Waals surface area contributed by atoms with Gasteiger partial charge in [-0.3, -0.25) is 0 Å². The van der Waals surface area contributed by atoms with Gasteiger partial charge in [-0.05, 0) is 6.92 Å². The van der Waals surface area contributed by atoms with Crippen LogP contribution in [-0.4, -0.2) is 24.7 Å². The lowest BCUT2D eigenvalue weighted by molar-refractivity contribution is 0.0778. The van der Waals surface area contributed by atoms with Crippen LogP contribution in [0.1, 0.15) is 15.9 Å². The molecule has 3 nitrogen and oxygen atoms in total.